The minimum absolute atomic E-state index is 0.0309. The first-order valence-corrected chi connectivity index (χ1v) is 8.46. The third kappa shape index (κ3) is 5.70. The lowest BCUT2D eigenvalue weighted by atomic mass is 10.1. The molecule has 0 saturated carbocycles. The van der Waals surface area contributed by atoms with Gasteiger partial charge in [-0.2, -0.15) is 0 Å². The molecule has 2 aliphatic heterocycles. The second-order valence-electron chi connectivity index (χ2n) is 5.98. The smallest absolute Gasteiger partial charge is 0.164 e. The molecular formula is C17H30O4. The van der Waals surface area contributed by atoms with Crippen molar-refractivity contribution >= 4 is 0 Å². The van der Waals surface area contributed by atoms with E-state index in [2.05, 4.69) is 26.0 Å². The van der Waals surface area contributed by atoms with Gasteiger partial charge in [-0.25, -0.2) is 0 Å². The van der Waals surface area contributed by atoms with Crippen LogP contribution in [0.1, 0.15) is 46.0 Å². The standard InChI is InChI=1S/C17H30O4/c1-3-5-7-9-16-18-12-15(13-19-16)17-20-10-14(11-21-17)8-6-4-2/h6,8,14-17H,3-5,7,9-13H2,1-2H3/b8-6+/t14-,15-,16-,17-. The molecule has 2 aliphatic rings. The summed E-state index contributed by atoms with van der Waals surface area (Å²) in [7, 11) is 0. The Bertz CT molecular complexity index is 289. The normalized spacial score (nSPS) is 34.4. The van der Waals surface area contributed by atoms with E-state index >= 15 is 0 Å². The number of unbranched alkanes of at least 4 members (excludes halogenated alkanes) is 2. The van der Waals surface area contributed by atoms with Crippen molar-refractivity contribution in [3.8, 4) is 0 Å². The summed E-state index contributed by atoms with van der Waals surface area (Å²) >= 11 is 0. The summed E-state index contributed by atoms with van der Waals surface area (Å²) in [5.41, 5.74) is 0. The van der Waals surface area contributed by atoms with Gasteiger partial charge in [-0.05, 0) is 19.3 Å². The number of hydrogen-bond donors (Lipinski definition) is 0. The molecule has 0 amide bonds. The second kappa shape index (κ2) is 9.57. The fourth-order valence-corrected chi connectivity index (χ4v) is 2.69. The van der Waals surface area contributed by atoms with E-state index < -0.39 is 0 Å². The van der Waals surface area contributed by atoms with Crippen LogP contribution in [-0.2, 0) is 18.9 Å². The predicted octanol–water partition coefficient (Wildman–Crippen LogP) is 3.51. The van der Waals surface area contributed by atoms with E-state index in [9.17, 15) is 0 Å². The fourth-order valence-electron chi connectivity index (χ4n) is 2.69. The van der Waals surface area contributed by atoms with Crippen LogP contribution >= 0.6 is 0 Å². The summed E-state index contributed by atoms with van der Waals surface area (Å²) < 4.78 is 23.2. The zero-order valence-corrected chi connectivity index (χ0v) is 13.5. The van der Waals surface area contributed by atoms with Gasteiger partial charge < -0.3 is 18.9 Å². The Kier molecular flexibility index (Phi) is 7.72. The zero-order valence-electron chi connectivity index (χ0n) is 13.5. The van der Waals surface area contributed by atoms with Crippen molar-refractivity contribution in [2.24, 2.45) is 11.8 Å². The first kappa shape index (κ1) is 16.9. The van der Waals surface area contributed by atoms with Crippen LogP contribution < -0.4 is 0 Å². The number of rotatable bonds is 7. The van der Waals surface area contributed by atoms with Crippen molar-refractivity contribution in [1.82, 2.24) is 0 Å². The van der Waals surface area contributed by atoms with Crippen LogP contribution in [0.4, 0.5) is 0 Å². The highest BCUT2D eigenvalue weighted by atomic mass is 16.7. The molecule has 2 saturated heterocycles. The maximum absolute atomic E-state index is 5.83. The van der Waals surface area contributed by atoms with E-state index in [1.165, 1.54) is 19.3 Å². The molecular weight excluding hydrogens is 268 g/mol. The topological polar surface area (TPSA) is 36.9 Å². The van der Waals surface area contributed by atoms with Gasteiger partial charge in [0.1, 0.15) is 0 Å². The Morgan fingerprint density at radius 1 is 0.905 bits per heavy atom. The molecule has 0 aromatic carbocycles. The summed E-state index contributed by atoms with van der Waals surface area (Å²) in [6, 6.07) is 0. The molecule has 0 aromatic heterocycles. The highest BCUT2D eigenvalue weighted by Crippen LogP contribution is 2.24. The summed E-state index contributed by atoms with van der Waals surface area (Å²) in [5.74, 6) is 0.581. The third-order valence-electron chi connectivity index (χ3n) is 4.01. The maximum Gasteiger partial charge on any atom is 0.164 e. The molecule has 0 atom stereocenters. The number of hydrogen-bond acceptors (Lipinski definition) is 4. The van der Waals surface area contributed by atoms with Gasteiger partial charge in [0, 0.05) is 5.92 Å². The lowest BCUT2D eigenvalue weighted by Gasteiger charge is -2.37. The summed E-state index contributed by atoms with van der Waals surface area (Å²) in [6.45, 7) is 7.17. The van der Waals surface area contributed by atoms with Gasteiger partial charge in [-0.1, -0.05) is 38.8 Å². The van der Waals surface area contributed by atoms with Gasteiger partial charge in [-0.15, -0.1) is 0 Å². The minimum atomic E-state index is -0.173. The van der Waals surface area contributed by atoms with Gasteiger partial charge >= 0.3 is 0 Å². The first-order chi connectivity index (χ1) is 10.3. The predicted molar refractivity (Wildman–Crippen MR) is 81.9 cm³/mol. The molecule has 21 heavy (non-hydrogen) atoms. The Morgan fingerprint density at radius 2 is 1.62 bits per heavy atom. The van der Waals surface area contributed by atoms with E-state index in [0.29, 0.717) is 19.1 Å². The molecule has 4 nitrogen and oxygen atoms in total. The Balaban J connectivity index is 1.63. The van der Waals surface area contributed by atoms with Crippen molar-refractivity contribution in [1.29, 1.82) is 0 Å². The van der Waals surface area contributed by atoms with Crippen molar-refractivity contribution in [2.75, 3.05) is 26.4 Å². The highest BCUT2D eigenvalue weighted by molar-refractivity contribution is 4.89. The van der Waals surface area contributed by atoms with Crippen LogP contribution in [0, 0.1) is 11.8 Å². The fraction of sp³-hybridized carbons (Fsp3) is 0.882. The van der Waals surface area contributed by atoms with E-state index in [4.69, 9.17) is 18.9 Å². The minimum Gasteiger partial charge on any atom is -0.352 e. The lowest BCUT2D eigenvalue weighted by molar-refractivity contribution is -0.278. The molecule has 4 heteroatoms. The van der Waals surface area contributed by atoms with Crippen molar-refractivity contribution in [3.05, 3.63) is 12.2 Å². The average molecular weight is 298 g/mol. The molecule has 0 N–H and O–H groups in total. The van der Waals surface area contributed by atoms with Crippen LogP contribution in [0.5, 0.6) is 0 Å². The molecule has 2 rings (SSSR count). The van der Waals surface area contributed by atoms with Crippen LogP contribution in [0.2, 0.25) is 0 Å². The molecule has 0 aromatic rings. The maximum atomic E-state index is 5.83. The van der Waals surface area contributed by atoms with Crippen molar-refractivity contribution < 1.29 is 18.9 Å². The molecule has 0 spiro atoms. The van der Waals surface area contributed by atoms with E-state index in [1.54, 1.807) is 0 Å². The second-order valence-corrected chi connectivity index (χ2v) is 5.98. The monoisotopic (exact) mass is 298 g/mol. The Labute approximate surface area is 128 Å². The molecule has 0 bridgehead atoms. The summed E-state index contributed by atoms with van der Waals surface area (Å²) in [5, 5.41) is 0. The van der Waals surface area contributed by atoms with Crippen LogP contribution in [0.3, 0.4) is 0 Å². The van der Waals surface area contributed by atoms with Gasteiger partial charge in [0.25, 0.3) is 0 Å². The summed E-state index contributed by atoms with van der Waals surface area (Å²) in [6.07, 6.45) is 9.86. The lowest BCUT2D eigenvalue weighted by Crippen LogP contribution is -2.44. The first-order valence-electron chi connectivity index (χ1n) is 8.46. The quantitative estimate of drug-likeness (QED) is 0.532. The van der Waals surface area contributed by atoms with Crippen LogP contribution in [-0.4, -0.2) is 39.0 Å². The average Bonchev–Trinajstić information content (AvgIpc) is 2.54. The molecule has 122 valence electrons. The van der Waals surface area contributed by atoms with Crippen molar-refractivity contribution in [2.45, 2.75) is 58.5 Å². The molecule has 2 heterocycles. The summed E-state index contributed by atoms with van der Waals surface area (Å²) in [4.78, 5) is 0. The van der Waals surface area contributed by atoms with E-state index in [0.717, 1.165) is 26.1 Å². The van der Waals surface area contributed by atoms with Crippen molar-refractivity contribution in [3.63, 3.8) is 0 Å². The highest BCUT2D eigenvalue weighted by Gasteiger charge is 2.32. The van der Waals surface area contributed by atoms with E-state index in [-0.39, 0.29) is 18.5 Å². The third-order valence-corrected chi connectivity index (χ3v) is 4.01. The number of allylic oxidation sites excluding steroid dienone is 1. The van der Waals surface area contributed by atoms with Gasteiger partial charge in [0.15, 0.2) is 12.6 Å². The largest absolute Gasteiger partial charge is 0.352 e. The Hall–Kier alpha value is -0.420. The van der Waals surface area contributed by atoms with Gasteiger partial charge in [0.05, 0.1) is 32.3 Å². The number of ether oxygens (including phenoxy) is 4. The van der Waals surface area contributed by atoms with Gasteiger partial charge in [0.2, 0.25) is 0 Å². The SMILES string of the molecule is CC/C=C/[C@H]1CO[C@H]([C@H]2CO[C@H](CCCCC)OC2)OC1. The molecule has 2 fully saturated rings. The zero-order chi connectivity index (χ0) is 14.9. The van der Waals surface area contributed by atoms with Crippen LogP contribution in [0.25, 0.3) is 0 Å². The van der Waals surface area contributed by atoms with E-state index in [1.807, 2.05) is 0 Å². The molecule has 0 radical (unpaired) electrons. The Morgan fingerprint density at radius 3 is 2.24 bits per heavy atom. The molecule has 0 aliphatic carbocycles. The van der Waals surface area contributed by atoms with Gasteiger partial charge in [-0.3, -0.25) is 0 Å². The molecule has 0 unspecified atom stereocenters. The van der Waals surface area contributed by atoms with Crippen LogP contribution in [0.15, 0.2) is 12.2 Å².